The van der Waals surface area contributed by atoms with Gasteiger partial charge in [0, 0.05) is 0 Å². The van der Waals surface area contributed by atoms with Crippen LogP contribution in [0.25, 0.3) is 0 Å². The predicted molar refractivity (Wildman–Crippen MR) is 61.7 cm³/mol. The lowest BCUT2D eigenvalue weighted by Gasteiger charge is -2.40. The lowest BCUT2D eigenvalue weighted by atomic mass is 9.89. The molecule has 0 spiro atoms. The van der Waals surface area contributed by atoms with E-state index in [0.29, 0.717) is 0 Å². The molecule has 0 unspecified atom stereocenters. The largest absolute Gasteiger partial charge is 0.394 e. The lowest BCUT2D eigenvalue weighted by molar-refractivity contribution is -0.0567. The van der Waals surface area contributed by atoms with Crippen molar-refractivity contribution in [2.24, 2.45) is 5.92 Å². The van der Waals surface area contributed by atoms with Crippen LogP contribution >= 0.6 is 0 Å². The Morgan fingerprint density at radius 2 is 1.65 bits per heavy atom. The molecule has 17 heavy (non-hydrogen) atoms. The van der Waals surface area contributed by atoms with E-state index in [1.54, 1.807) is 0 Å². The molecule has 8 heteroatoms. The van der Waals surface area contributed by atoms with Crippen molar-refractivity contribution in [3.63, 3.8) is 0 Å². The molecule has 0 atom stereocenters. The highest BCUT2D eigenvalue weighted by atomic mass is 32.2. The predicted octanol–water partition coefficient (Wildman–Crippen LogP) is -1.15. The Morgan fingerprint density at radius 1 is 1.18 bits per heavy atom. The molecule has 0 aliphatic heterocycles. The highest BCUT2D eigenvalue weighted by molar-refractivity contribution is 7.85. The van der Waals surface area contributed by atoms with Gasteiger partial charge < -0.3 is 15.3 Å². The molecule has 0 aliphatic rings. The summed E-state index contributed by atoms with van der Waals surface area (Å²) in [5, 5.41) is 27.8. The summed E-state index contributed by atoms with van der Waals surface area (Å²) in [6, 6.07) is 0. The average molecular weight is 271 g/mol. The van der Waals surface area contributed by atoms with Crippen LogP contribution < -0.4 is 0 Å². The molecule has 0 aromatic carbocycles. The molecule has 0 amide bonds. The molecular formula is C9H21NO6S. The second-order valence-electron chi connectivity index (χ2n) is 4.53. The maximum Gasteiger partial charge on any atom is 0.278 e. The highest BCUT2D eigenvalue weighted by Crippen LogP contribution is 2.24. The maximum absolute atomic E-state index is 10.8. The molecule has 0 radical (unpaired) electrons. The van der Waals surface area contributed by atoms with Crippen molar-refractivity contribution >= 4 is 10.1 Å². The summed E-state index contributed by atoms with van der Waals surface area (Å²) in [5.41, 5.74) is -1.27. The van der Waals surface area contributed by atoms with E-state index in [9.17, 15) is 18.6 Å². The Hall–Kier alpha value is -0.250. The van der Waals surface area contributed by atoms with Crippen LogP contribution in [0.3, 0.4) is 0 Å². The summed E-state index contributed by atoms with van der Waals surface area (Å²) in [4.78, 5) is 0.947. The SMILES string of the molecule is CC(C)CC(CO)(CO)N(CO)CS(=O)(=O)O. The molecule has 0 fully saturated rings. The zero-order valence-electron chi connectivity index (χ0n) is 10.1. The molecule has 0 aliphatic carbocycles. The van der Waals surface area contributed by atoms with Crippen LogP contribution in [0.5, 0.6) is 0 Å². The van der Waals surface area contributed by atoms with Crippen LogP contribution in [0.15, 0.2) is 0 Å². The minimum Gasteiger partial charge on any atom is -0.394 e. The van der Waals surface area contributed by atoms with E-state index < -0.39 is 41.5 Å². The van der Waals surface area contributed by atoms with Gasteiger partial charge in [-0.25, -0.2) is 0 Å². The van der Waals surface area contributed by atoms with Crippen molar-refractivity contribution in [3.8, 4) is 0 Å². The summed E-state index contributed by atoms with van der Waals surface area (Å²) in [6.07, 6.45) is 0.288. The lowest BCUT2D eigenvalue weighted by Crippen LogP contribution is -2.57. The van der Waals surface area contributed by atoms with E-state index in [-0.39, 0.29) is 12.3 Å². The van der Waals surface area contributed by atoms with E-state index in [4.69, 9.17) is 9.66 Å². The summed E-state index contributed by atoms with van der Waals surface area (Å²) >= 11 is 0. The fraction of sp³-hybridized carbons (Fsp3) is 1.00. The molecule has 7 nitrogen and oxygen atoms in total. The van der Waals surface area contributed by atoms with Gasteiger partial charge in [0.25, 0.3) is 10.1 Å². The van der Waals surface area contributed by atoms with E-state index in [1.807, 2.05) is 13.8 Å². The Kier molecular flexibility index (Phi) is 6.52. The van der Waals surface area contributed by atoms with Crippen molar-refractivity contribution in [3.05, 3.63) is 0 Å². The summed E-state index contributed by atoms with van der Waals surface area (Å²) in [6.45, 7) is 1.95. The molecule has 4 N–H and O–H groups in total. The van der Waals surface area contributed by atoms with Crippen molar-refractivity contribution in [1.29, 1.82) is 0 Å². The number of aliphatic hydroxyl groups excluding tert-OH is 3. The van der Waals surface area contributed by atoms with Gasteiger partial charge in [-0.3, -0.25) is 9.45 Å². The first kappa shape index (κ1) is 16.8. The van der Waals surface area contributed by atoms with E-state index >= 15 is 0 Å². The van der Waals surface area contributed by atoms with E-state index in [2.05, 4.69) is 0 Å². The number of hydrogen-bond acceptors (Lipinski definition) is 6. The normalized spacial score (nSPS) is 13.6. The third kappa shape index (κ3) is 5.28. The summed E-state index contributed by atoms with van der Waals surface area (Å²) in [5.74, 6) is -0.762. The summed E-state index contributed by atoms with van der Waals surface area (Å²) in [7, 11) is -4.33. The van der Waals surface area contributed by atoms with Gasteiger partial charge in [-0.15, -0.1) is 0 Å². The van der Waals surface area contributed by atoms with Crippen LogP contribution in [0, 0.1) is 5.92 Å². The van der Waals surface area contributed by atoms with Gasteiger partial charge in [-0.1, -0.05) is 13.8 Å². The smallest absolute Gasteiger partial charge is 0.278 e. The molecule has 104 valence electrons. The number of nitrogens with zero attached hydrogens (tertiary/aromatic N) is 1. The van der Waals surface area contributed by atoms with Crippen LogP contribution in [-0.2, 0) is 10.1 Å². The van der Waals surface area contributed by atoms with Gasteiger partial charge in [0.15, 0.2) is 0 Å². The van der Waals surface area contributed by atoms with Crippen LogP contribution in [0.1, 0.15) is 20.3 Å². The third-order valence-corrected chi connectivity index (χ3v) is 3.18. The number of hydrogen-bond donors (Lipinski definition) is 4. The third-order valence-electron chi connectivity index (χ3n) is 2.54. The Morgan fingerprint density at radius 3 is 1.88 bits per heavy atom. The second-order valence-corrected chi connectivity index (χ2v) is 5.95. The Bertz CT molecular complexity index is 311. The fourth-order valence-electron chi connectivity index (χ4n) is 1.79. The first-order valence-electron chi connectivity index (χ1n) is 5.23. The Labute approximate surface area is 101 Å². The van der Waals surface area contributed by atoms with Gasteiger partial charge >= 0.3 is 0 Å². The number of rotatable bonds is 8. The van der Waals surface area contributed by atoms with E-state index in [1.165, 1.54) is 0 Å². The molecule has 0 saturated carbocycles. The Balaban J connectivity index is 5.10. The monoisotopic (exact) mass is 271 g/mol. The summed E-state index contributed by atoms with van der Waals surface area (Å²) < 4.78 is 30.4. The van der Waals surface area contributed by atoms with E-state index in [0.717, 1.165) is 4.90 Å². The quantitative estimate of drug-likeness (QED) is 0.325. The maximum atomic E-state index is 10.8. The first-order chi connectivity index (χ1) is 7.70. The van der Waals surface area contributed by atoms with Crippen molar-refractivity contribution in [1.82, 2.24) is 4.90 Å². The van der Waals surface area contributed by atoms with Gasteiger partial charge in [0.1, 0.15) is 5.88 Å². The highest BCUT2D eigenvalue weighted by Gasteiger charge is 2.38. The average Bonchev–Trinajstić information content (AvgIpc) is 2.21. The molecule has 0 aromatic rings. The standard InChI is InChI=1S/C9H21NO6S/c1-8(2)3-9(4-11,5-12)10(6-13)7-17(14,15)16/h8,11-13H,3-7H2,1-2H3,(H,14,15,16). The zero-order valence-corrected chi connectivity index (χ0v) is 10.9. The molecule has 0 heterocycles. The second kappa shape index (κ2) is 6.62. The molecule has 0 bridgehead atoms. The number of aliphatic hydroxyl groups is 3. The van der Waals surface area contributed by atoms with Gasteiger partial charge in [-0.05, 0) is 12.3 Å². The molecular weight excluding hydrogens is 250 g/mol. The first-order valence-corrected chi connectivity index (χ1v) is 6.84. The van der Waals surface area contributed by atoms with Crippen LogP contribution in [0.2, 0.25) is 0 Å². The minimum absolute atomic E-state index is 0.0738. The molecule has 0 rings (SSSR count). The van der Waals surface area contributed by atoms with Crippen molar-refractivity contribution < 1.29 is 28.3 Å². The fourth-order valence-corrected chi connectivity index (χ4v) is 2.54. The molecule has 0 saturated heterocycles. The topological polar surface area (TPSA) is 118 Å². The van der Waals surface area contributed by atoms with Crippen molar-refractivity contribution in [2.75, 3.05) is 25.8 Å². The van der Waals surface area contributed by atoms with Gasteiger partial charge in [-0.2, -0.15) is 8.42 Å². The van der Waals surface area contributed by atoms with Crippen molar-refractivity contribution in [2.45, 2.75) is 25.8 Å². The van der Waals surface area contributed by atoms with Gasteiger partial charge in [0.05, 0.1) is 25.5 Å². The van der Waals surface area contributed by atoms with Crippen LogP contribution in [0.4, 0.5) is 0 Å². The van der Waals surface area contributed by atoms with Crippen LogP contribution in [-0.4, -0.2) is 64.6 Å². The minimum atomic E-state index is -4.33. The van der Waals surface area contributed by atoms with Gasteiger partial charge in [0.2, 0.25) is 0 Å². The zero-order chi connectivity index (χ0) is 13.7. The molecule has 0 aromatic heterocycles.